The number of hydrogen-bond donors (Lipinski definition) is 2. The van der Waals surface area contributed by atoms with Gasteiger partial charge in [-0.3, -0.25) is 15.1 Å². The van der Waals surface area contributed by atoms with Crippen LogP contribution >= 0.6 is 0 Å². The van der Waals surface area contributed by atoms with Gasteiger partial charge in [-0.15, -0.1) is 0 Å². The molecule has 3 rings (SSSR count). The Morgan fingerprint density at radius 2 is 1.79 bits per heavy atom. The van der Waals surface area contributed by atoms with E-state index in [0.717, 1.165) is 28.1 Å². The van der Waals surface area contributed by atoms with E-state index in [-0.39, 0.29) is 17.4 Å². The molecule has 29 heavy (non-hydrogen) atoms. The van der Waals surface area contributed by atoms with Crippen LogP contribution in [-0.4, -0.2) is 28.8 Å². The van der Waals surface area contributed by atoms with E-state index < -0.39 is 4.92 Å². The van der Waals surface area contributed by atoms with Crippen molar-refractivity contribution in [1.82, 2.24) is 5.32 Å². The van der Waals surface area contributed by atoms with Gasteiger partial charge in [-0.05, 0) is 47.2 Å². The standard InChI is InChI=1S/C23H27N3O3/c1-14(2)17-11-19(15(3)4)23(27)20(12-17)22-13-21(24-9-10-25-22)16-5-7-18(8-6-16)26(28)29/h5-8,11-15,25,27H,9-10H2,1-4H3. The maximum absolute atomic E-state index is 11.0. The van der Waals surface area contributed by atoms with Crippen molar-refractivity contribution in [2.24, 2.45) is 4.99 Å². The number of nitro groups is 1. The van der Waals surface area contributed by atoms with Gasteiger partial charge < -0.3 is 10.4 Å². The zero-order valence-corrected chi connectivity index (χ0v) is 17.3. The number of benzene rings is 2. The van der Waals surface area contributed by atoms with Crippen LogP contribution in [0.5, 0.6) is 5.75 Å². The molecule has 0 aromatic heterocycles. The summed E-state index contributed by atoms with van der Waals surface area (Å²) in [7, 11) is 0. The van der Waals surface area contributed by atoms with Gasteiger partial charge in [-0.1, -0.05) is 33.8 Å². The van der Waals surface area contributed by atoms with Gasteiger partial charge in [0.05, 0.1) is 17.2 Å². The number of hydrogen-bond acceptors (Lipinski definition) is 5. The first-order valence-electron chi connectivity index (χ1n) is 9.90. The number of phenols is 1. The zero-order valence-electron chi connectivity index (χ0n) is 17.3. The lowest BCUT2D eigenvalue weighted by molar-refractivity contribution is -0.384. The average molecular weight is 393 g/mol. The highest BCUT2D eigenvalue weighted by molar-refractivity contribution is 6.12. The number of non-ortho nitro benzene ring substituents is 1. The van der Waals surface area contributed by atoms with Gasteiger partial charge in [-0.25, -0.2) is 0 Å². The Labute approximate surface area is 171 Å². The topological polar surface area (TPSA) is 87.8 Å². The Kier molecular flexibility index (Phi) is 6.01. The molecule has 0 atom stereocenters. The van der Waals surface area contributed by atoms with Crippen LogP contribution in [0.3, 0.4) is 0 Å². The van der Waals surface area contributed by atoms with Crippen molar-refractivity contribution in [3.63, 3.8) is 0 Å². The normalized spacial score (nSPS) is 14.3. The molecule has 2 N–H and O–H groups in total. The van der Waals surface area contributed by atoms with E-state index in [2.05, 4.69) is 44.1 Å². The van der Waals surface area contributed by atoms with Crippen molar-refractivity contribution in [1.29, 1.82) is 0 Å². The predicted octanol–water partition coefficient (Wildman–Crippen LogP) is 4.98. The number of aliphatic imine (C=N–C) groups is 1. The lowest BCUT2D eigenvalue weighted by atomic mass is 9.90. The van der Waals surface area contributed by atoms with Crippen molar-refractivity contribution >= 4 is 17.1 Å². The Morgan fingerprint density at radius 3 is 2.38 bits per heavy atom. The molecule has 0 amide bonds. The molecule has 1 aliphatic rings. The first-order valence-corrected chi connectivity index (χ1v) is 9.90. The fourth-order valence-electron chi connectivity index (χ4n) is 3.36. The highest BCUT2D eigenvalue weighted by Gasteiger charge is 2.19. The molecule has 1 aliphatic heterocycles. The quantitative estimate of drug-likeness (QED) is 0.554. The summed E-state index contributed by atoms with van der Waals surface area (Å²) in [5.41, 5.74) is 5.25. The third kappa shape index (κ3) is 4.47. The number of nitrogens with one attached hydrogen (secondary N) is 1. The van der Waals surface area contributed by atoms with Crippen LogP contribution in [0, 0.1) is 10.1 Å². The lowest BCUT2D eigenvalue weighted by Gasteiger charge is -2.19. The number of aromatic hydroxyl groups is 1. The first-order chi connectivity index (χ1) is 13.8. The molecular formula is C23H27N3O3. The molecule has 0 saturated carbocycles. The van der Waals surface area contributed by atoms with E-state index in [1.54, 1.807) is 12.1 Å². The van der Waals surface area contributed by atoms with Crippen molar-refractivity contribution < 1.29 is 10.0 Å². The second-order valence-corrected chi connectivity index (χ2v) is 7.87. The Bertz CT molecular complexity index is 974. The molecule has 6 heteroatoms. The van der Waals surface area contributed by atoms with Crippen LogP contribution in [0.2, 0.25) is 0 Å². The number of nitrogens with zero attached hydrogens (tertiary/aromatic N) is 2. The number of rotatable bonds is 5. The van der Waals surface area contributed by atoms with Crippen molar-refractivity contribution in [2.75, 3.05) is 13.1 Å². The summed E-state index contributed by atoms with van der Waals surface area (Å²) < 4.78 is 0. The van der Waals surface area contributed by atoms with E-state index in [1.165, 1.54) is 17.7 Å². The second-order valence-electron chi connectivity index (χ2n) is 7.87. The van der Waals surface area contributed by atoms with Crippen molar-refractivity contribution in [3.05, 3.63) is 74.8 Å². The van der Waals surface area contributed by atoms with Gasteiger partial charge in [0.15, 0.2) is 0 Å². The van der Waals surface area contributed by atoms with E-state index in [9.17, 15) is 15.2 Å². The predicted molar refractivity (Wildman–Crippen MR) is 117 cm³/mol. The molecule has 0 fully saturated rings. The number of nitro benzene ring substituents is 1. The Hall–Kier alpha value is -3.15. The third-order valence-corrected chi connectivity index (χ3v) is 5.10. The van der Waals surface area contributed by atoms with Crippen LogP contribution in [0.15, 0.2) is 47.5 Å². The SMILES string of the molecule is CC(C)c1cc(C2=CC(c3ccc([N+](=O)[O-])cc3)=NCCN2)c(O)c(C(C)C)c1. The summed E-state index contributed by atoms with van der Waals surface area (Å²) in [4.78, 5) is 15.1. The molecule has 2 aromatic carbocycles. The molecule has 0 unspecified atom stereocenters. The van der Waals surface area contributed by atoms with E-state index in [1.807, 2.05) is 12.1 Å². The fourth-order valence-corrected chi connectivity index (χ4v) is 3.36. The highest BCUT2D eigenvalue weighted by atomic mass is 16.6. The Morgan fingerprint density at radius 1 is 1.10 bits per heavy atom. The zero-order chi connectivity index (χ0) is 21.1. The first kappa shape index (κ1) is 20.6. The summed E-state index contributed by atoms with van der Waals surface area (Å²) in [5.74, 6) is 0.816. The summed E-state index contributed by atoms with van der Waals surface area (Å²) >= 11 is 0. The summed E-state index contributed by atoms with van der Waals surface area (Å²) in [6, 6.07) is 10.5. The number of allylic oxidation sites excluding steroid dienone is 1. The molecule has 0 spiro atoms. The molecule has 0 aliphatic carbocycles. The fraction of sp³-hybridized carbons (Fsp3) is 0.348. The molecule has 2 aromatic rings. The molecule has 0 saturated heterocycles. The molecule has 6 nitrogen and oxygen atoms in total. The minimum atomic E-state index is -0.412. The van der Waals surface area contributed by atoms with Crippen LogP contribution < -0.4 is 5.32 Å². The maximum Gasteiger partial charge on any atom is 0.269 e. The minimum absolute atomic E-state index is 0.0501. The van der Waals surface area contributed by atoms with Gasteiger partial charge >= 0.3 is 0 Å². The molecule has 1 heterocycles. The van der Waals surface area contributed by atoms with Gasteiger partial charge in [0.25, 0.3) is 5.69 Å². The third-order valence-electron chi connectivity index (χ3n) is 5.10. The molecule has 0 bridgehead atoms. The van der Waals surface area contributed by atoms with Gasteiger partial charge in [-0.2, -0.15) is 0 Å². The smallest absolute Gasteiger partial charge is 0.269 e. The van der Waals surface area contributed by atoms with Crippen molar-refractivity contribution in [3.8, 4) is 5.75 Å². The maximum atomic E-state index is 11.0. The van der Waals surface area contributed by atoms with Crippen LogP contribution in [0.1, 0.15) is 61.8 Å². The largest absolute Gasteiger partial charge is 0.507 e. The molecule has 152 valence electrons. The van der Waals surface area contributed by atoms with E-state index in [0.29, 0.717) is 19.0 Å². The summed E-state index contributed by atoms with van der Waals surface area (Å²) in [5, 5.41) is 25.3. The minimum Gasteiger partial charge on any atom is -0.507 e. The van der Waals surface area contributed by atoms with Crippen LogP contribution in [0.25, 0.3) is 5.70 Å². The van der Waals surface area contributed by atoms with Crippen molar-refractivity contribution in [2.45, 2.75) is 39.5 Å². The van der Waals surface area contributed by atoms with Gasteiger partial charge in [0, 0.05) is 35.5 Å². The van der Waals surface area contributed by atoms with Crippen LogP contribution in [-0.2, 0) is 0 Å². The summed E-state index contributed by atoms with van der Waals surface area (Å²) in [6.07, 6.45) is 1.91. The van der Waals surface area contributed by atoms with Gasteiger partial charge in [0.2, 0.25) is 0 Å². The van der Waals surface area contributed by atoms with Crippen LogP contribution in [0.4, 0.5) is 5.69 Å². The van der Waals surface area contributed by atoms with E-state index in [4.69, 9.17) is 0 Å². The summed E-state index contributed by atoms with van der Waals surface area (Å²) in [6.45, 7) is 9.64. The lowest BCUT2D eigenvalue weighted by Crippen LogP contribution is -2.15. The average Bonchev–Trinajstić information content (AvgIpc) is 2.94. The van der Waals surface area contributed by atoms with E-state index >= 15 is 0 Å². The van der Waals surface area contributed by atoms with Gasteiger partial charge in [0.1, 0.15) is 5.75 Å². The highest BCUT2D eigenvalue weighted by Crippen LogP contribution is 2.36. The molecule has 0 radical (unpaired) electrons. The second kappa shape index (κ2) is 8.47. The molecular weight excluding hydrogens is 366 g/mol. The number of phenolic OH excluding ortho intramolecular Hbond substituents is 1. The monoisotopic (exact) mass is 393 g/mol. The Balaban J connectivity index is 2.08.